The van der Waals surface area contributed by atoms with Crippen LogP contribution in [0.2, 0.25) is 0 Å². The van der Waals surface area contributed by atoms with Gasteiger partial charge in [0.15, 0.2) is 11.5 Å². The molecule has 0 bridgehead atoms. The standard InChI is InChI=1S/C20H18FN3O3/c1-12(2)22-19(25)14-8-4-6-10-16(14)23-20(26)17-11-18(27-24-17)13-7-3-5-9-15(13)21/h3-12H,1-2H3,(H,22,25)(H,23,26). The van der Waals surface area contributed by atoms with Crippen LogP contribution in [0.1, 0.15) is 34.7 Å². The summed E-state index contributed by atoms with van der Waals surface area (Å²) >= 11 is 0. The van der Waals surface area contributed by atoms with Crippen molar-refractivity contribution in [1.82, 2.24) is 10.5 Å². The molecule has 0 atom stereocenters. The van der Waals surface area contributed by atoms with Crippen molar-refractivity contribution in [2.75, 3.05) is 5.32 Å². The molecular weight excluding hydrogens is 349 g/mol. The lowest BCUT2D eigenvalue weighted by Crippen LogP contribution is -2.31. The highest BCUT2D eigenvalue weighted by Crippen LogP contribution is 2.24. The summed E-state index contributed by atoms with van der Waals surface area (Å²) in [6, 6.07) is 14.0. The second-order valence-electron chi connectivity index (χ2n) is 6.18. The van der Waals surface area contributed by atoms with Gasteiger partial charge in [-0.15, -0.1) is 0 Å². The van der Waals surface area contributed by atoms with Crippen LogP contribution in [0.25, 0.3) is 11.3 Å². The van der Waals surface area contributed by atoms with Gasteiger partial charge in [0, 0.05) is 12.1 Å². The second-order valence-corrected chi connectivity index (χ2v) is 6.18. The molecule has 2 N–H and O–H groups in total. The molecule has 0 fully saturated rings. The highest BCUT2D eigenvalue weighted by molar-refractivity contribution is 6.08. The maximum atomic E-state index is 13.8. The molecule has 138 valence electrons. The van der Waals surface area contributed by atoms with Crippen molar-refractivity contribution in [3.63, 3.8) is 0 Å². The molecule has 0 aliphatic carbocycles. The van der Waals surface area contributed by atoms with Crippen molar-refractivity contribution in [1.29, 1.82) is 0 Å². The molecule has 3 rings (SSSR count). The van der Waals surface area contributed by atoms with Gasteiger partial charge in [0.25, 0.3) is 11.8 Å². The van der Waals surface area contributed by atoms with E-state index in [0.29, 0.717) is 11.3 Å². The zero-order valence-corrected chi connectivity index (χ0v) is 14.8. The van der Waals surface area contributed by atoms with Crippen molar-refractivity contribution in [2.45, 2.75) is 19.9 Å². The van der Waals surface area contributed by atoms with E-state index in [1.54, 1.807) is 36.4 Å². The summed E-state index contributed by atoms with van der Waals surface area (Å²) in [4.78, 5) is 24.8. The lowest BCUT2D eigenvalue weighted by molar-refractivity contribution is 0.0944. The fourth-order valence-corrected chi connectivity index (χ4v) is 2.49. The van der Waals surface area contributed by atoms with Gasteiger partial charge >= 0.3 is 0 Å². The molecule has 0 aliphatic rings. The van der Waals surface area contributed by atoms with Crippen LogP contribution in [-0.2, 0) is 0 Å². The first-order chi connectivity index (χ1) is 13.0. The molecule has 1 aromatic heterocycles. The number of hydrogen-bond acceptors (Lipinski definition) is 4. The van der Waals surface area contributed by atoms with Crippen LogP contribution in [0.3, 0.4) is 0 Å². The number of carbonyl (C=O) groups is 2. The van der Waals surface area contributed by atoms with Crippen molar-refractivity contribution in [3.8, 4) is 11.3 Å². The van der Waals surface area contributed by atoms with Gasteiger partial charge < -0.3 is 15.2 Å². The Morgan fingerprint density at radius 2 is 1.74 bits per heavy atom. The van der Waals surface area contributed by atoms with E-state index in [1.165, 1.54) is 18.2 Å². The number of amides is 2. The largest absolute Gasteiger partial charge is 0.355 e. The molecule has 0 unspecified atom stereocenters. The number of halogens is 1. The zero-order valence-electron chi connectivity index (χ0n) is 14.8. The quantitative estimate of drug-likeness (QED) is 0.717. The van der Waals surface area contributed by atoms with Crippen molar-refractivity contribution in [3.05, 3.63) is 71.7 Å². The van der Waals surface area contributed by atoms with Gasteiger partial charge in [0.2, 0.25) is 0 Å². The van der Waals surface area contributed by atoms with Crippen LogP contribution in [-0.4, -0.2) is 23.0 Å². The Hall–Kier alpha value is -3.48. The van der Waals surface area contributed by atoms with Crippen LogP contribution >= 0.6 is 0 Å². The van der Waals surface area contributed by atoms with Gasteiger partial charge in [0.1, 0.15) is 5.82 Å². The fraction of sp³-hybridized carbons (Fsp3) is 0.150. The molecule has 7 heteroatoms. The molecule has 0 radical (unpaired) electrons. The molecule has 0 saturated heterocycles. The highest BCUT2D eigenvalue weighted by Gasteiger charge is 2.18. The van der Waals surface area contributed by atoms with E-state index in [9.17, 15) is 14.0 Å². The van der Waals surface area contributed by atoms with E-state index < -0.39 is 11.7 Å². The first-order valence-corrected chi connectivity index (χ1v) is 8.38. The third-order valence-corrected chi connectivity index (χ3v) is 3.72. The summed E-state index contributed by atoms with van der Waals surface area (Å²) in [5, 5.41) is 9.12. The topological polar surface area (TPSA) is 84.2 Å². The van der Waals surface area contributed by atoms with Gasteiger partial charge in [-0.3, -0.25) is 9.59 Å². The summed E-state index contributed by atoms with van der Waals surface area (Å²) in [5.74, 6) is -1.19. The summed E-state index contributed by atoms with van der Waals surface area (Å²) in [7, 11) is 0. The predicted octanol–water partition coefficient (Wildman–Crippen LogP) is 3.87. The SMILES string of the molecule is CC(C)NC(=O)c1ccccc1NC(=O)c1cc(-c2ccccc2F)on1. The molecule has 1 heterocycles. The smallest absolute Gasteiger partial charge is 0.277 e. The summed E-state index contributed by atoms with van der Waals surface area (Å²) in [5.41, 5.74) is 0.863. The maximum Gasteiger partial charge on any atom is 0.277 e. The Labute approximate surface area is 155 Å². The number of rotatable bonds is 5. The van der Waals surface area contributed by atoms with Crippen LogP contribution in [0.4, 0.5) is 10.1 Å². The monoisotopic (exact) mass is 367 g/mol. The van der Waals surface area contributed by atoms with Crippen LogP contribution in [0.15, 0.2) is 59.1 Å². The molecule has 0 spiro atoms. The van der Waals surface area contributed by atoms with Crippen LogP contribution in [0, 0.1) is 5.82 Å². The third kappa shape index (κ3) is 4.20. The van der Waals surface area contributed by atoms with Crippen LogP contribution < -0.4 is 10.6 Å². The van der Waals surface area contributed by atoms with Crippen molar-refractivity contribution < 1.29 is 18.5 Å². The number of para-hydroxylation sites is 1. The minimum Gasteiger partial charge on any atom is -0.355 e. The molecule has 6 nitrogen and oxygen atoms in total. The molecule has 2 aromatic carbocycles. The third-order valence-electron chi connectivity index (χ3n) is 3.72. The zero-order chi connectivity index (χ0) is 19.4. The average molecular weight is 367 g/mol. The van der Waals surface area contributed by atoms with Crippen molar-refractivity contribution >= 4 is 17.5 Å². The first-order valence-electron chi connectivity index (χ1n) is 8.38. The number of hydrogen-bond donors (Lipinski definition) is 2. The van der Waals surface area contributed by atoms with E-state index in [0.717, 1.165) is 0 Å². The number of anilines is 1. The van der Waals surface area contributed by atoms with Gasteiger partial charge in [-0.1, -0.05) is 29.4 Å². The molecular formula is C20H18FN3O3. The summed E-state index contributed by atoms with van der Waals surface area (Å²) < 4.78 is 18.9. The Balaban J connectivity index is 1.81. The van der Waals surface area contributed by atoms with E-state index in [4.69, 9.17) is 4.52 Å². The average Bonchev–Trinajstić information content (AvgIpc) is 3.12. The highest BCUT2D eigenvalue weighted by atomic mass is 19.1. The first kappa shape index (κ1) is 18.3. The van der Waals surface area contributed by atoms with E-state index in [1.807, 2.05) is 13.8 Å². The second kappa shape index (κ2) is 7.82. The van der Waals surface area contributed by atoms with E-state index in [2.05, 4.69) is 15.8 Å². The number of nitrogens with one attached hydrogen (secondary N) is 2. The Bertz CT molecular complexity index is 982. The van der Waals surface area contributed by atoms with E-state index in [-0.39, 0.29) is 29.0 Å². The van der Waals surface area contributed by atoms with Crippen LogP contribution in [0.5, 0.6) is 0 Å². The Morgan fingerprint density at radius 1 is 1.04 bits per heavy atom. The molecule has 2 amide bonds. The number of carbonyl (C=O) groups excluding carboxylic acids is 2. The lowest BCUT2D eigenvalue weighted by Gasteiger charge is -2.12. The Morgan fingerprint density at radius 3 is 2.48 bits per heavy atom. The summed E-state index contributed by atoms with van der Waals surface area (Å²) in [6.07, 6.45) is 0. The minimum absolute atomic E-state index is 0.0210. The van der Waals surface area contributed by atoms with Gasteiger partial charge in [0.05, 0.1) is 16.8 Å². The van der Waals surface area contributed by atoms with Gasteiger partial charge in [-0.2, -0.15) is 0 Å². The number of nitrogens with zero attached hydrogens (tertiary/aromatic N) is 1. The predicted molar refractivity (Wildman–Crippen MR) is 98.9 cm³/mol. The number of aromatic nitrogens is 1. The fourth-order valence-electron chi connectivity index (χ4n) is 2.49. The lowest BCUT2D eigenvalue weighted by atomic mass is 10.1. The number of benzene rings is 2. The van der Waals surface area contributed by atoms with E-state index >= 15 is 0 Å². The van der Waals surface area contributed by atoms with Crippen molar-refractivity contribution in [2.24, 2.45) is 0 Å². The molecule has 0 aliphatic heterocycles. The normalized spacial score (nSPS) is 10.7. The minimum atomic E-state index is -0.564. The molecule has 27 heavy (non-hydrogen) atoms. The molecule has 0 saturated carbocycles. The van der Waals surface area contributed by atoms with Gasteiger partial charge in [-0.25, -0.2) is 4.39 Å². The summed E-state index contributed by atoms with van der Waals surface area (Å²) in [6.45, 7) is 3.69. The van der Waals surface area contributed by atoms with Gasteiger partial charge in [-0.05, 0) is 38.1 Å². The molecule has 3 aromatic rings. The Kier molecular flexibility index (Phi) is 5.30. The maximum absolute atomic E-state index is 13.8.